The van der Waals surface area contributed by atoms with Gasteiger partial charge in [-0.05, 0) is 12.1 Å². The van der Waals surface area contributed by atoms with Crippen LogP contribution in [0.4, 0.5) is 13.2 Å². The minimum absolute atomic E-state index is 0.0343. The molecule has 122 valence electrons. The van der Waals surface area contributed by atoms with Gasteiger partial charge in [0.1, 0.15) is 5.52 Å². The molecular formula is C14H14F3N5O. The Morgan fingerprint density at radius 2 is 1.70 bits per heavy atom. The highest BCUT2D eigenvalue weighted by molar-refractivity contribution is 5.92. The predicted octanol–water partition coefficient (Wildman–Crippen LogP) is 1.34. The lowest BCUT2D eigenvalue weighted by atomic mass is 10.3. The van der Waals surface area contributed by atoms with Crippen molar-refractivity contribution in [2.75, 3.05) is 32.7 Å². The summed E-state index contributed by atoms with van der Waals surface area (Å²) >= 11 is 0. The lowest BCUT2D eigenvalue weighted by Gasteiger charge is -2.34. The van der Waals surface area contributed by atoms with Gasteiger partial charge < -0.3 is 4.90 Å². The van der Waals surface area contributed by atoms with Gasteiger partial charge in [0.05, 0.1) is 12.1 Å². The molecule has 23 heavy (non-hydrogen) atoms. The molecule has 0 N–H and O–H groups in total. The second-order valence-corrected chi connectivity index (χ2v) is 5.31. The molecule has 1 amide bonds. The largest absolute Gasteiger partial charge is 0.401 e. The van der Waals surface area contributed by atoms with E-state index in [9.17, 15) is 18.0 Å². The van der Waals surface area contributed by atoms with Gasteiger partial charge in [0.25, 0.3) is 5.91 Å². The number of fused-ring (bicyclic) bond motifs is 1. The lowest BCUT2D eigenvalue weighted by Crippen LogP contribution is -2.51. The summed E-state index contributed by atoms with van der Waals surface area (Å²) in [5.41, 5.74) is 1.14. The molecule has 1 aromatic carbocycles. The molecule has 3 rings (SSSR count). The molecule has 1 aliphatic rings. The van der Waals surface area contributed by atoms with Gasteiger partial charge in [0.2, 0.25) is 5.82 Å². The number of carbonyl (C=O) groups excluding carboxylic acids is 1. The van der Waals surface area contributed by atoms with Gasteiger partial charge in [-0.1, -0.05) is 12.1 Å². The van der Waals surface area contributed by atoms with Crippen molar-refractivity contribution < 1.29 is 18.0 Å². The summed E-state index contributed by atoms with van der Waals surface area (Å²) in [6.07, 6.45) is -4.22. The van der Waals surface area contributed by atoms with Gasteiger partial charge in [-0.3, -0.25) is 9.69 Å². The zero-order chi connectivity index (χ0) is 16.4. The van der Waals surface area contributed by atoms with Crippen LogP contribution in [-0.4, -0.2) is 69.8 Å². The first kappa shape index (κ1) is 15.6. The molecule has 0 spiro atoms. The number of amides is 1. The normalized spacial score (nSPS) is 16.7. The van der Waals surface area contributed by atoms with Gasteiger partial charge in [-0.2, -0.15) is 13.2 Å². The third-order valence-electron chi connectivity index (χ3n) is 3.61. The highest BCUT2D eigenvalue weighted by atomic mass is 19.4. The van der Waals surface area contributed by atoms with Gasteiger partial charge in [-0.15, -0.1) is 10.2 Å². The molecule has 1 aliphatic heterocycles. The fourth-order valence-corrected chi connectivity index (χ4v) is 2.48. The minimum atomic E-state index is -4.22. The van der Waals surface area contributed by atoms with E-state index in [1.165, 1.54) is 9.80 Å². The maximum absolute atomic E-state index is 12.4. The number of piperazine rings is 1. The van der Waals surface area contributed by atoms with Crippen molar-refractivity contribution in [2.24, 2.45) is 0 Å². The smallest absolute Gasteiger partial charge is 0.333 e. The van der Waals surface area contributed by atoms with E-state index >= 15 is 0 Å². The van der Waals surface area contributed by atoms with E-state index < -0.39 is 18.6 Å². The van der Waals surface area contributed by atoms with Crippen LogP contribution < -0.4 is 0 Å². The molecule has 0 saturated carbocycles. The van der Waals surface area contributed by atoms with Crippen molar-refractivity contribution in [3.05, 3.63) is 30.1 Å². The molecule has 1 saturated heterocycles. The molecule has 0 aliphatic carbocycles. The van der Waals surface area contributed by atoms with Crippen molar-refractivity contribution >= 4 is 16.9 Å². The Hall–Kier alpha value is -2.29. The first-order valence-corrected chi connectivity index (χ1v) is 7.10. The molecule has 1 fully saturated rings. The van der Waals surface area contributed by atoms with Crippen LogP contribution in [0.15, 0.2) is 24.3 Å². The van der Waals surface area contributed by atoms with E-state index in [0.29, 0.717) is 11.0 Å². The van der Waals surface area contributed by atoms with E-state index in [1.54, 1.807) is 24.3 Å². The third-order valence-corrected chi connectivity index (χ3v) is 3.61. The van der Waals surface area contributed by atoms with Crippen LogP contribution in [0.3, 0.4) is 0 Å². The number of benzene rings is 1. The topological polar surface area (TPSA) is 62.2 Å². The molecule has 6 nitrogen and oxygen atoms in total. The van der Waals surface area contributed by atoms with Crippen molar-refractivity contribution in [3.8, 4) is 0 Å². The second-order valence-electron chi connectivity index (χ2n) is 5.31. The number of rotatable bonds is 2. The van der Waals surface area contributed by atoms with Crippen LogP contribution in [0.25, 0.3) is 11.0 Å². The zero-order valence-electron chi connectivity index (χ0n) is 12.1. The van der Waals surface area contributed by atoms with Crippen LogP contribution in [0.1, 0.15) is 10.6 Å². The van der Waals surface area contributed by atoms with E-state index in [-0.39, 0.29) is 32.0 Å². The van der Waals surface area contributed by atoms with Crippen molar-refractivity contribution in [1.29, 1.82) is 0 Å². The summed E-state index contributed by atoms with van der Waals surface area (Å²) in [4.78, 5) is 19.3. The number of carbonyl (C=O) groups is 1. The summed E-state index contributed by atoms with van der Waals surface area (Å²) in [5.74, 6) is -0.442. The number of nitrogens with zero attached hydrogens (tertiary/aromatic N) is 5. The van der Waals surface area contributed by atoms with Crippen LogP contribution in [0.5, 0.6) is 0 Å². The minimum Gasteiger partial charge on any atom is -0.333 e. The molecule has 2 heterocycles. The summed E-state index contributed by atoms with van der Waals surface area (Å²) in [5, 5.41) is 7.76. The number of hydrogen-bond acceptors (Lipinski definition) is 5. The molecule has 1 aromatic heterocycles. The maximum Gasteiger partial charge on any atom is 0.401 e. The van der Waals surface area contributed by atoms with Crippen LogP contribution >= 0.6 is 0 Å². The molecule has 2 aromatic rings. The summed E-state index contributed by atoms with van der Waals surface area (Å²) in [6, 6.07) is 7.03. The third kappa shape index (κ3) is 3.73. The summed E-state index contributed by atoms with van der Waals surface area (Å²) in [6.45, 7) is -0.183. The maximum atomic E-state index is 12.4. The molecule has 0 radical (unpaired) electrons. The standard InChI is InChI=1S/C14H14F3N5O/c15-14(16,17)9-21-5-7-22(8-6-21)13(23)12-18-10-3-1-2-4-11(10)19-20-12/h1-4H,5-9H2. The van der Waals surface area contributed by atoms with Crippen molar-refractivity contribution in [2.45, 2.75) is 6.18 Å². The number of hydrogen-bond donors (Lipinski definition) is 0. The fraction of sp³-hybridized carbons (Fsp3) is 0.429. The Balaban J connectivity index is 1.66. The zero-order valence-corrected chi connectivity index (χ0v) is 12.1. The summed E-state index contributed by atoms with van der Waals surface area (Å²) < 4.78 is 37.1. The average molecular weight is 325 g/mol. The Morgan fingerprint density at radius 1 is 1.04 bits per heavy atom. The van der Waals surface area contributed by atoms with Crippen LogP contribution in [-0.2, 0) is 0 Å². The van der Waals surface area contributed by atoms with Crippen molar-refractivity contribution in [1.82, 2.24) is 25.0 Å². The molecule has 0 unspecified atom stereocenters. The SMILES string of the molecule is O=C(c1nnc2ccccc2n1)N1CCN(CC(F)(F)F)CC1. The highest BCUT2D eigenvalue weighted by Gasteiger charge is 2.33. The Bertz CT molecular complexity index is 713. The number of para-hydroxylation sites is 1. The average Bonchev–Trinajstić information content (AvgIpc) is 2.53. The highest BCUT2D eigenvalue weighted by Crippen LogP contribution is 2.18. The quantitative estimate of drug-likeness (QED) is 0.834. The monoisotopic (exact) mass is 325 g/mol. The molecule has 9 heteroatoms. The van der Waals surface area contributed by atoms with E-state index in [0.717, 1.165) is 0 Å². The number of halogens is 3. The molecule has 0 bridgehead atoms. The summed E-state index contributed by atoms with van der Waals surface area (Å²) in [7, 11) is 0. The van der Waals surface area contributed by atoms with Gasteiger partial charge in [-0.25, -0.2) is 4.98 Å². The first-order chi connectivity index (χ1) is 10.9. The van der Waals surface area contributed by atoms with E-state index in [4.69, 9.17) is 0 Å². The first-order valence-electron chi connectivity index (χ1n) is 7.10. The molecule has 0 atom stereocenters. The van der Waals surface area contributed by atoms with Crippen LogP contribution in [0.2, 0.25) is 0 Å². The fourth-order valence-electron chi connectivity index (χ4n) is 2.48. The van der Waals surface area contributed by atoms with Gasteiger partial charge in [0.15, 0.2) is 0 Å². The molecular weight excluding hydrogens is 311 g/mol. The van der Waals surface area contributed by atoms with E-state index in [2.05, 4.69) is 15.2 Å². The lowest BCUT2D eigenvalue weighted by molar-refractivity contribution is -0.148. The Morgan fingerprint density at radius 3 is 2.35 bits per heavy atom. The van der Waals surface area contributed by atoms with Gasteiger partial charge >= 0.3 is 6.18 Å². The number of alkyl halides is 3. The predicted molar refractivity (Wildman–Crippen MR) is 75.7 cm³/mol. The van der Waals surface area contributed by atoms with Crippen molar-refractivity contribution in [3.63, 3.8) is 0 Å². The number of aromatic nitrogens is 3. The van der Waals surface area contributed by atoms with Gasteiger partial charge in [0, 0.05) is 26.2 Å². The van der Waals surface area contributed by atoms with E-state index in [1.807, 2.05) is 0 Å². The van der Waals surface area contributed by atoms with Crippen LogP contribution in [0, 0.1) is 0 Å². The Labute approximate surface area is 129 Å². The second kappa shape index (κ2) is 6.07. The Kier molecular flexibility index (Phi) is 4.12.